The fourth-order valence-electron chi connectivity index (χ4n) is 2.30. The molecule has 1 aliphatic rings. The summed E-state index contributed by atoms with van der Waals surface area (Å²) < 4.78 is 0. The topological polar surface area (TPSA) is 12.0 Å². The maximum atomic E-state index is 3.24. The number of benzene rings is 2. The summed E-state index contributed by atoms with van der Waals surface area (Å²) in [6.45, 7) is 0.943. The molecule has 1 aliphatic heterocycles. The molecule has 0 fully saturated rings. The molecule has 0 atom stereocenters. The summed E-state index contributed by atoms with van der Waals surface area (Å²) >= 11 is 1.91. The Morgan fingerprint density at radius 2 is 1.88 bits per heavy atom. The first kappa shape index (κ1) is 10.9. The van der Waals surface area contributed by atoms with E-state index in [9.17, 15) is 0 Å². The van der Waals surface area contributed by atoms with Gasteiger partial charge in [-0.1, -0.05) is 48.2 Å². The van der Waals surface area contributed by atoms with Crippen LogP contribution in [0.1, 0.15) is 16.7 Å². The van der Waals surface area contributed by atoms with Crippen molar-refractivity contribution in [3.8, 4) is 0 Å². The molecule has 2 heteroatoms. The van der Waals surface area contributed by atoms with Gasteiger partial charge in [0, 0.05) is 16.3 Å². The average Bonchev–Trinajstić information content (AvgIpc) is 2.37. The molecule has 0 aromatic heterocycles. The molecule has 1 N–H and O–H groups in total. The number of fused-ring (bicyclic) bond motifs is 2. The lowest BCUT2D eigenvalue weighted by Crippen LogP contribution is -2.09. The van der Waals surface area contributed by atoms with Gasteiger partial charge in [0.05, 0.1) is 0 Å². The van der Waals surface area contributed by atoms with Gasteiger partial charge in [-0.2, -0.15) is 0 Å². The molecular weight excluding hydrogens is 226 g/mol. The SMILES string of the molecule is CNCc1cccc2c1Sc1ccccc1C2. The summed E-state index contributed by atoms with van der Waals surface area (Å²) in [7, 11) is 2.00. The largest absolute Gasteiger partial charge is 0.316 e. The van der Waals surface area contributed by atoms with Crippen LogP contribution in [-0.4, -0.2) is 7.05 Å². The van der Waals surface area contributed by atoms with Crippen LogP contribution in [0.2, 0.25) is 0 Å². The average molecular weight is 241 g/mol. The lowest BCUT2D eigenvalue weighted by molar-refractivity contribution is 0.797. The van der Waals surface area contributed by atoms with Crippen molar-refractivity contribution in [1.29, 1.82) is 0 Å². The van der Waals surface area contributed by atoms with Crippen LogP contribution in [0.3, 0.4) is 0 Å². The summed E-state index contributed by atoms with van der Waals surface area (Å²) in [6, 6.07) is 15.3. The molecule has 0 aliphatic carbocycles. The van der Waals surface area contributed by atoms with Gasteiger partial charge in [0.15, 0.2) is 0 Å². The Bertz CT molecular complexity index is 548. The van der Waals surface area contributed by atoms with E-state index >= 15 is 0 Å². The third-order valence-corrected chi connectivity index (χ3v) is 4.46. The minimum atomic E-state index is 0.943. The number of hydrogen-bond donors (Lipinski definition) is 1. The van der Waals surface area contributed by atoms with E-state index in [2.05, 4.69) is 47.8 Å². The maximum Gasteiger partial charge on any atom is 0.0213 e. The Morgan fingerprint density at radius 1 is 1.06 bits per heavy atom. The fourth-order valence-corrected chi connectivity index (χ4v) is 3.48. The Labute approximate surface area is 106 Å². The van der Waals surface area contributed by atoms with Crippen molar-refractivity contribution in [2.24, 2.45) is 0 Å². The molecule has 0 amide bonds. The number of hydrogen-bond acceptors (Lipinski definition) is 2. The van der Waals surface area contributed by atoms with Gasteiger partial charge in [0.25, 0.3) is 0 Å². The quantitative estimate of drug-likeness (QED) is 0.737. The molecule has 17 heavy (non-hydrogen) atoms. The van der Waals surface area contributed by atoms with E-state index in [4.69, 9.17) is 0 Å². The van der Waals surface area contributed by atoms with Crippen LogP contribution in [0.5, 0.6) is 0 Å². The van der Waals surface area contributed by atoms with E-state index in [1.54, 1.807) is 0 Å². The lowest BCUT2D eigenvalue weighted by Gasteiger charge is -2.21. The Hall–Kier alpha value is -1.25. The van der Waals surface area contributed by atoms with Crippen LogP contribution >= 0.6 is 11.8 Å². The minimum absolute atomic E-state index is 0.943. The second-order valence-corrected chi connectivity index (χ2v) is 5.37. The molecule has 0 spiro atoms. The minimum Gasteiger partial charge on any atom is -0.316 e. The smallest absolute Gasteiger partial charge is 0.0213 e. The van der Waals surface area contributed by atoms with Gasteiger partial charge in [0.1, 0.15) is 0 Å². The van der Waals surface area contributed by atoms with Gasteiger partial charge < -0.3 is 5.32 Å². The van der Waals surface area contributed by atoms with Crippen LogP contribution in [0.4, 0.5) is 0 Å². The van der Waals surface area contributed by atoms with E-state index < -0.39 is 0 Å². The molecule has 86 valence electrons. The molecule has 1 nitrogen and oxygen atoms in total. The van der Waals surface area contributed by atoms with Gasteiger partial charge in [-0.3, -0.25) is 0 Å². The van der Waals surface area contributed by atoms with Gasteiger partial charge in [-0.15, -0.1) is 0 Å². The monoisotopic (exact) mass is 241 g/mol. The zero-order valence-corrected chi connectivity index (χ0v) is 10.7. The van der Waals surface area contributed by atoms with Crippen LogP contribution in [0, 0.1) is 0 Å². The normalized spacial score (nSPS) is 13.0. The van der Waals surface area contributed by atoms with Crippen molar-refractivity contribution >= 4 is 11.8 Å². The lowest BCUT2D eigenvalue weighted by atomic mass is 10.0. The van der Waals surface area contributed by atoms with Crippen LogP contribution < -0.4 is 5.32 Å². The molecule has 0 radical (unpaired) electrons. The summed E-state index contributed by atoms with van der Waals surface area (Å²) in [6.07, 6.45) is 1.07. The molecule has 0 bridgehead atoms. The van der Waals surface area contributed by atoms with Gasteiger partial charge in [-0.25, -0.2) is 0 Å². The van der Waals surface area contributed by atoms with Gasteiger partial charge >= 0.3 is 0 Å². The Balaban J connectivity index is 2.05. The number of nitrogens with one attached hydrogen (secondary N) is 1. The highest BCUT2D eigenvalue weighted by atomic mass is 32.2. The molecular formula is C15H15NS. The molecule has 0 saturated carbocycles. The fraction of sp³-hybridized carbons (Fsp3) is 0.200. The molecule has 0 unspecified atom stereocenters. The van der Waals surface area contributed by atoms with Crippen LogP contribution in [0.15, 0.2) is 52.3 Å². The Morgan fingerprint density at radius 3 is 2.76 bits per heavy atom. The highest BCUT2D eigenvalue weighted by Gasteiger charge is 2.17. The summed E-state index contributed by atoms with van der Waals surface area (Å²) in [4.78, 5) is 2.85. The zero-order chi connectivity index (χ0) is 11.7. The molecule has 3 rings (SSSR count). The van der Waals surface area contributed by atoms with E-state index in [0.717, 1.165) is 13.0 Å². The first-order chi connectivity index (χ1) is 8.38. The van der Waals surface area contributed by atoms with Crippen molar-refractivity contribution in [2.75, 3.05) is 7.05 Å². The van der Waals surface area contributed by atoms with E-state index in [-0.39, 0.29) is 0 Å². The van der Waals surface area contributed by atoms with Crippen molar-refractivity contribution in [2.45, 2.75) is 22.8 Å². The van der Waals surface area contributed by atoms with Crippen molar-refractivity contribution in [1.82, 2.24) is 5.32 Å². The first-order valence-electron chi connectivity index (χ1n) is 5.89. The standard InChI is InChI=1S/C15H15NS/c1-16-10-13-7-4-6-12-9-11-5-2-3-8-14(11)17-15(12)13/h2-8,16H,9-10H2,1H3. The molecule has 2 aromatic rings. The van der Waals surface area contributed by atoms with Gasteiger partial charge in [-0.05, 0) is 36.2 Å². The summed E-state index contributed by atoms with van der Waals surface area (Å²) in [5, 5.41) is 3.24. The van der Waals surface area contributed by atoms with Crippen LogP contribution in [0.25, 0.3) is 0 Å². The number of rotatable bonds is 2. The molecule has 0 saturated heterocycles. The van der Waals surface area contributed by atoms with Gasteiger partial charge in [0.2, 0.25) is 0 Å². The van der Waals surface area contributed by atoms with Crippen molar-refractivity contribution < 1.29 is 0 Å². The van der Waals surface area contributed by atoms with Crippen LogP contribution in [-0.2, 0) is 13.0 Å². The maximum absolute atomic E-state index is 3.24. The highest BCUT2D eigenvalue weighted by molar-refractivity contribution is 7.99. The predicted octanol–water partition coefficient (Wildman–Crippen LogP) is 3.46. The molecule has 2 aromatic carbocycles. The van der Waals surface area contributed by atoms with Crippen molar-refractivity contribution in [3.05, 3.63) is 59.2 Å². The Kier molecular flexibility index (Phi) is 2.91. The first-order valence-corrected chi connectivity index (χ1v) is 6.71. The molecule has 1 heterocycles. The van der Waals surface area contributed by atoms with E-state index in [1.165, 1.54) is 26.5 Å². The second kappa shape index (κ2) is 4.55. The third kappa shape index (κ3) is 1.99. The second-order valence-electron chi connectivity index (χ2n) is 4.32. The summed E-state index contributed by atoms with van der Waals surface area (Å²) in [5.41, 5.74) is 4.32. The third-order valence-electron chi connectivity index (χ3n) is 3.11. The van der Waals surface area contributed by atoms with E-state index in [1.807, 2.05) is 18.8 Å². The van der Waals surface area contributed by atoms with E-state index in [0.29, 0.717) is 0 Å². The summed E-state index contributed by atoms with van der Waals surface area (Å²) in [5.74, 6) is 0. The predicted molar refractivity (Wildman–Crippen MR) is 72.6 cm³/mol. The zero-order valence-electron chi connectivity index (χ0n) is 9.86. The highest BCUT2D eigenvalue weighted by Crippen LogP contribution is 2.41. The van der Waals surface area contributed by atoms with Crippen molar-refractivity contribution in [3.63, 3.8) is 0 Å².